The fraction of sp³-hybridized carbons (Fsp3) is 0.500. The zero-order valence-electron chi connectivity index (χ0n) is 9.86. The average molecular weight is 236 g/mol. The Kier molecular flexibility index (Phi) is 4.75. The van der Waals surface area contributed by atoms with Gasteiger partial charge in [-0.25, -0.2) is 0 Å². The number of hydrogen-bond donors (Lipinski definition) is 1. The minimum Gasteiger partial charge on any atom is -0.310 e. The molecule has 0 saturated heterocycles. The second-order valence-electron chi connectivity index (χ2n) is 4.08. The van der Waals surface area contributed by atoms with Gasteiger partial charge in [-0.15, -0.1) is 0 Å². The molecule has 0 aliphatic carbocycles. The first kappa shape index (κ1) is 13.3. The third-order valence-electron chi connectivity index (χ3n) is 2.52. The van der Waals surface area contributed by atoms with Crippen LogP contribution in [0.1, 0.15) is 32.6 Å². The quantitative estimate of drug-likeness (QED) is 0.530. The Morgan fingerprint density at radius 3 is 2.29 bits per heavy atom. The summed E-state index contributed by atoms with van der Waals surface area (Å²) >= 11 is 0. The van der Waals surface area contributed by atoms with Gasteiger partial charge in [0.2, 0.25) is 0 Å². The van der Waals surface area contributed by atoms with Gasteiger partial charge in [0.1, 0.15) is 5.78 Å². The van der Waals surface area contributed by atoms with Gasteiger partial charge in [0, 0.05) is 37.3 Å². The molecule has 5 heteroatoms. The van der Waals surface area contributed by atoms with Gasteiger partial charge in [-0.2, -0.15) is 0 Å². The van der Waals surface area contributed by atoms with Gasteiger partial charge < -0.3 is 5.41 Å². The van der Waals surface area contributed by atoms with Crippen LogP contribution in [0, 0.1) is 5.41 Å². The van der Waals surface area contributed by atoms with Gasteiger partial charge in [-0.05, 0) is 19.8 Å². The largest absolute Gasteiger partial charge is 0.310 e. The number of carbonyl (C=O) groups is 3. The molecule has 0 aromatic carbocycles. The van der Waals surface area contributed by atoms with Gasteiger partial charge in [0.05, 0.1) is 0 Å². The van der Waals surface area contributed by atoms with Gasteiger partial charge >= 0.3 is 0 Å². The number of Topliss-reactive ketones (excluding diaryl/α,β-unsaturated/α-hetero) is 1. The predicted molar refractivity (Wildman–Crippen MR) is 62.7 cm³/mol. The lowest BCUT2D eigenvalue weighted by molar-refractivity contribution is -0.137. The van der Waals surface area contributed by atoms with Crippen LogP contribution >= 0.6 is 0 Å². The van der Waals surface area contributed by atoms with Gasteiger partial charge in [-0.1, -0.05) is 0 Å². The van der Waals surface area contributed by atoms with Gasteiger partial charge in [-0.3, -0.25) is 19.3 Å². The van der Waals surface area contributed by atoms with E-state index >= 15 is 0 Å². The highest BCUT2D eigenvalue weighted by molar-refractivity contribution is 6.12. The van der Waals surface area contributed by atoms with Crippen molar-refractivity contribution in [2.45, 2.75) is 32.6 Å². The summed E-state index contributed by atoms with van der Waals surface area (Å²) in [6, 6.07) is 0. The van der Waals surface area contributed by atoms with Crippen LogP contribution in [0.2, 0.25) is 0 Å². The van der Waals surface area contributed by atoms with Crippen molar-refractivity contribution < 1.29 is 14.4 Å². The highest BCUT2D eigenvalue weighted by atomic mass is 16.2. The summed E-state index contributed by atoms with van der Waals surface area (Å²) in [4.78, 5) is 34.9. The fourth-order valence-electron chi connectivity index (χ4n) is 1.54. The van der Waals surface area contributed by atoms with Crippen LogP contribution in [0.25, 0.3) is 0 Å². The number of carbonyl (C=O) groups excluding carboxylic acids is 3. The zero-order valence-corrected chi connectivity index (χ0v) is 9.86. The monoisotopic (exact) mass is 236 g/mol. The Bertz CT molecular complexity index is 367. The van der Waals surface area contributed by atoms with Crippen molar-refractivity contribution in [3.63, 3.8) is 0 Å². The fourth-order valence-corrected chi connectivity index (χ4v) is 1.54. The Morgan fingerprint density at radius 2 is 1.76 bits per heavy atom. The van der Waals surface area contributed by atoms with Crippen molar-refractivity contribution in [3.8, 4) is 0 Å². The van der Waals surface area contributed by atoms with Crippen LogP contribution in [0.15, 0.2) is 12.2 Å². The molecule has 1 N–H and O–H groups in total. The van der Waals surface area contributed by atoms with Gasteiger partial charge in [0.25, 0.3) is 11.8 Å². The van der Waals surface area contributed by atoms with Crippen molar-refractivity contribution in [1.29, 1.82) is 5.41 Å². The van der Waals surface area contributed by atoms with E-state index in [9.17, 15) is 14.4 Å². The minimum atomic E-state index is -0.308. The highest BCUT2D eigenvalue weighted by Gasteiger charge is 2.22. The molecule has 1 aliphatic heterocycles. The maximum Gasteiger partial charge on any atom is 0.253 e. The summed E-state index contributed by atoms with van der Waals surface area (Å²) in [6.07, 6.45) is 4.18. The molecule has 92 valence electrons. The number of rotatable bonds is 7. The lowest BCUT2D eigenvalue weighted by atomic mass is 10.1. The van der Waals surface area contributed by atoms with Gasteiger partial charge in [0.15, 0.2) is 0 Å². The van der Waals surface area contributed by atoms with E-state index in [1.807, 2.05) is 0 Å². The Morgan fingerprint density at radius 1 is 1.18 bits per heavy atom. The number of nitrogens with one attached hydrogen (secondary N) is 1. The maximum atomic E-state index is 11.4. The molecule has 1 rings (SSSR count). The average Bonchev–Trinajstić information content (AvgIpc) is 2.57. The van der Waals surface area contributed by atoms with E-state index in [1.165, 1.54) is 12.2 Å². The van der Waals surface area contributed by atoms with E-state index in [0.29, 0.717) is 37.9 Å². The van der Waals surface area contributed by atoms with Crippen molar-refractivity contribution in [1.82, 2.24) is 4.90 Å². The van der Waals surface area contributed by atoms with Crippen molar-refractivity contribution >= 4 is 23.3 Å². The van der Waals surface area contributed by atoms with E-state index in [2.05, 4.69) is 0 Å². The van der Waals surface area contributed by atoms with Crippen LogP contribution in [-0.2, 0) is 14.4 Å². The van der Waals surface area contributed by atoms with Crippen LogP contribution in [0.3, 0.4) is 0 Å². The number of imide groups is 1. The summed E-state index contributed by atoms with van der Waals surface area (Å²) < 4.78 is 0. The van der Waals surface area contributed by atoms with Crippen LogP contribution in [0.5, 0.6) is 0 Å². The van der Waals surface area contributed by atoms with Crippen LogP contribution < -0.4 is 0 Å². The maximum absolute atomic E-state index is 11.4. The molecule has 5 nitrogen and oxygen atoms in total. The Hall–Kier alpha value is -1.78. The number of nitrogens with zero attached hydrogens (tertiary/aromatic N) is 1. The molecule has 0 radical (unpaired) electrons. The first-order valence-electron chi connectivity index (χ1n) is 5.60. The second-order valence-corrected chi connectivity index (χ2v) is 4.08. The predicted octanol–water partition coefficient (Wildman–Crippen LogP) is 1.08. The zero-order chi connectivity index (χ0) is 12.8. The molecule has 0 aromatic heterocycles. The molecular weight excluding hydrogens is 220 g/mol. The first-order chi connectivity index (χ1) is 8.00. The van der Waals surface area contributed by atoms with E-state index in [0.717, 1.165) is 4.90 Å². The number of amides is 2. The van der Waals surface area contributed by atoms with E-state index < -0.39 is 0 Å². The standard InChI is InChI=1S/C12H16N2O3/c1-9(13)4-5-10(15)3-2-8-14-11(16)6-7-12(14)17/h6-7,13H,2-5,8H2,1H3. The molecule has 0 bridgehead atoms. The molecular formula is C12H16N2O3. The van der Waals surface area contributed by atoms with Crippen molar-refractivity contribution in [2.24, 2.45) is 0 Å². The molecule has 0 aromatic rings. The normalized spacial score (nSPS) is 14.5. The van der Waals surface area contributed by atoms with Crippen LogP contribution in [0.4, 0.5) is 0 Å². The Balaban J connectivity index is 2.20. The summed E-state index contributed by atoms with van der Waals surface area (Å²) in [7, 11) is 0. The smallest absolute Gasteiger partial charge is 0.253 e. The highest BCUT2D eigenvalue weighted by Crippen LogP contribution is 2.07. The van der Waals surface area contributed by atoms with E-state index in [4.69, 9.17) is 5.41 Å². The topological polar surface area (TPSA) is 78.3 Å². The van der Waals surface area contributed by atoms with Crippen molar-refractivity contribution in [2.75, 3.05) is 6.54 Å². The lowest BCUT2D eigenvalue weighted by Gasteiger charge is -2.12. The number of ketones is 1. The number of hydrogen-bond acceptors (Lipinski definition) is 4. The summed E-state index contributed by atoms with van der Waals surface area (Å²) in [5, 5.41) is 7.20. The third-order valence-corrected chi connectivity index (χ3v) is 2.52. The third kappa shape index (κ3) is 4.30. The SMILES string of the molecule is CC(=N)CCC(=O)CCCN1C(=O)C=CC1=O. The second kappa shape index (κ2) is 6.08. The molecule has 0 fully saturated rings. The van der Waals surface area contributed by atoms with Crippen LogP contribution in [-0.4, -0.2) is 34.8 Å². The summed E-state index contributed by atoms with van der Waals surface area (Å²) in [6.45, 7) is 1.96. The molecule has 0 saturated carbocycles. The van der Waals surface area contributed by atoms with E-state index in [-0.39, 0.29) is 17.6 Å². The lowest BCUT2D eigenvalue weighted by Crippen LogP contribution is -2.31. The minimum absolute atomic E-state index is 0.0728. The summed E-state index contributed by atoms with van der Waals surface area (Å²) in [5.41, 5.74) is 0.493. The molecule has 0 unspecified atom stereocenters. The molecule has 1 heterocycles. The molecule has 2 amide bonds. The van der Waals surface area contributed by atoms with E-state index in [1.54, 1.807) is 6.92 Å². The summed E-state index contributed by atoms with van der Waals surface area (Å²) in [5.74, 6) is -0.542. The first-order valence-corrected chi connectivity index (χ1v) is 5.60. The Labute approximate surface area is 100.0 Å². The molecule has 0 atom stereocenters. The van der Waals surface area contributed by atoms with Crippen molar-refractivity contribution in [3.05, 3.63) is 12.2 Å². The molecule has 17 heavy (non-hydrogen) atoms. The molecule has 1 aliphatic rings. The molecule has 0 spiro atoms.